The van der Waals surface area contributed by atoms with Gasteiger partial charge in [-0.15, -0.1) is 0 Å². The van der Waals surface area contributed by atoms with Crippen LogP contribution in [0.15, 0.2) is 120 Å². The van der Waals surface area contributed by atoms with E-state index in [1.54, 1.807) is 11.9 Å². The zero-order valence-electron chi connectivity index (χ0n) is 15.3. The molecule has 4 aromatic rings. The molecule has 0 N–H and O–H groups in total. The maximum atomic E-state index is 5.08. The fourth-order valence-electron chi connectivity index (χ4n) is 3.94. The maximum absolute atomic E-state index is 5.08. The predicted molar refractivity (Wildman–Crippen MR) is 119 cm³/mol. The average Bonchev–Trinajstić information content (AvgIpc) is 2.80. The van der Waals surface area contributed by atoms with Gasteiger partial charge in [0.05, 0.1) is 5.71 Å². The summed E-state index contributed by atoms with van der Waals surface area (Å²) in [5.41, 5.74) is 7.16. The van der Waals surface area contributed by atoms with Crippen molar-refractivity contribution in [3.05, 3.63) is 143 Å². The van der Waals surface area contributed by atoms with E-state index in [4.69, 9.17) is 4.40 Å². The van der Waals surface area contributed by atoms with Crippen molar-refractivity contribution >= 4 is 17.7 Å². The third-order valence-electron chi connectivity index (χ3n) is 5.24. The fraction of sp³-hybridized carbons (Fsp3) is 0.0385. The van der Waals surface area contributed by atoms with Crippen LogP contribution < -0.4 is 0 Å². The summed E-state index contributed by atoms with van der Waals surface area (Å²) in [6, 6.07) is 40.6. The molecule has 4 aromatic carbocycles. The lowest BCUT2D eigenvalue weighted by Crippen LogP contribution is -2.30. The van der Waals surface area contributed by atoms with E-state index in [2.05, 4.69) is 109 Å². The number of hydrogen-bond donors (Lipinski definition) is 0. The summed E-state index contributed by atoms with van der Waals surface area (Å²) in [6.07, 6.45) is 0. The Hall–Kier alpha value is -3.10. The molecule has 0 atom stereocenters. The van der Waals surface area contributed by atoms with E-state index in [9.17, 15) is 0 Å². The van der Waals surface area contributed by atoms with Gasteiger partial charge in [0.2, 0.25) is 0 Å². The van der Waals surface area contributed by atoms with Gasteiger partial charge in [-0.05, 0) is 28.6 Å². The van der Waals surface area contributed by atoms with Gasteiger partial charge in [0.25, 0.3) is 0 Å². The van der Waals surface area contributed by atoms with Crippen molar-refractivity contribution in [2.45, 2.75) is 4.75 Å². The summed E-state index contributed by atoms with van der Waals surface area (Å²) in [4.78, 5) is 0. The Morgan fingerprint density at radius 1 is 0.536 bits per heavy atom. The molecule has 0 aliphatic carbocycles. The fourth-order valence-corrected chi connectivity index (χ4v) is 5.13. The van der Waals surface area contributed by atoms with Gasteiger partial charge in [-0.3, -0.25) is 0 Å². The summed E-state index contributed by atoms with van der Waals surface area (Å²) < 4.78 is 4.72. The second-order valence-electron chi connectivity index (χ2n) is 6.86. The molecular formula is C26H19NS. The Morgan fingerprint density at radius 2 is 1.04 bits per heavy atom. The van der Waals surface area contributed by atoms with E-state index in [1.807, 2.05) is 6.07 Å². The summed E-state index contributed by atoms with van der Waals surface area (Å²) in [5.74, 6) is 0. The molecule has 0 amide bonds. The van der Waals surface area contributed by atoms with Crippen molar-refractivity contribution in [2.24, 2.45) is 4.40 Å². The smallest absolute Gasteiger partial charge is 0.113 e. The predicted octanol–water partition coefficient (Wildman–Crippen LogP) is 6.48. The van der Waals surface area contributed by atoms with Gasteiger partial charge >= 0.3 is 0 Å². The van der Waals surface area contributed by atoms with Crippen LogP contribution in [-0.4, -0.2) is 5.71 Å². The van der Waals surface area contributed by atoms with Gasteiger partial charge in [-0.1, -0.05) is 115 Å². The molecule has 1 aliphatic heterocycles. The summed E-state index contributed by atoms with van der Waals surface area (Å²) in [7, 11) is 0. The van der Waals surface area contributed by atoms with Gasteiger partial charge in [0.1, 0.15) is 4.75 Å². The summed E-state index contributed by atoms with van der Waals surface area (Å²) >= 11 is 1.65. The van der Waals surface area contributed by atoms with E-state index in [1.165, 1.54) is 22.3 Å². The Morgan fingerprint density at radius 3 is 1.64 bits per heavy atom. The third-order valence-corrected chi connectivity index (χ3v) is 6.48. The van der Waals surface area contributed by atoms with E-state index in [-0.39, 0.29) is 4.75 Å². The van der Waals surface area contributed by atoms with Crippen LogP contribution in [0.4, 0.5) is 0 Å². The molecule has 0 saturated carbocycles. The molecular weight excluding hydrogens is 358 g/mol. The van der Waals surface area contributed by atoms with Gasteiger partial charge in [-0.2, -0.15) is 0 Å². The molecule has 0 radical (unpaired) electrons. The normalized spacial score (nSPS) is 14.8. The summed E-state index contributed by atoms with van der Waals surface area (Å²) in [5, 5.41) is 0. The molecule has 0 saturated heterocycles. The van der Waals surface area contributed by atoms with Gasteiger partial charge in [-0.25, -0.2) is 4.40 Å². The number of hydrogen-bond acceptors (Lipinski definition) is 2. The van der Waals surface area contributed by atoms with Gasteiger partial charge in [0, 0.05) is 11.1 Å². The maximum Gasteiger partial charge on any atom is 0.113 e. The van der Waals surface area contributed by atoms with Gasteiger partial charge < -0.3 is 0 Å². The van der Waals surface area contributed by atoms with E-state index >= 15 is 0 Å². The number of benzene rings is 4. The molecule has 0 bridgehead atoms. The minimum absolute atomic E-state index is 0.364. The van der Waals surface area contributed by atoms with Crippen LogP contribution in [0.3, 0.4) is 0 Å². The Labute approximate surface area is 169 Å². The lowest BCUT2D eigenvalue weighted by molar-refractivity contribution is 0.888. The first-order chi connectivity index (χ1) is 13.9. The van der Waals surface area contributed by atoms with Crippen molar-refractivity contribution in [1.82, 2.24) is 0 Å². The average molecular weight is 378 g/mol. The Balaban J connectivity index is 1.80. The van der Waals surface area contributed by atoms with E-state index in [0.717, 1.165) is 11.3 Å². The van der Waals surface area contributed by atoms with E-state index < -0.39 is 0 Å². The number of fused-ring (bicyclic) bond motifs is 1. The molecule has 2 heteroatoms. The minimum Gasteiger partial charge on any atom is -0.214 e. The molecule has 1 nitrogen and oxygen atoms in total. The topological polar surface area (TPSA) is 12.4 Å². The second-order valence-corrected chi connectivity index (χ2v) is 7.83. The molecule has 28 heavy (non-hydrogen) atoms. The van der Waals surface area contributed by atoms with Crippen molar-refractivity contribution in [2.75, 3.05) is 0 Å². The molecule has 1 heterocycles. The zero-order valence-corrected chi connectivity index (χ0v) is 16.1. The first kappa shape index (κ1) is 17.0. The van der Waals surface area contributed by atoms with Crippen molar-refractivity contribution in [3.8, 4) is 0 Å². The molecule has 1 aliphatic rings. The summed E-state index contributed by atoms with van der Waals surface area (Å²) in [6.45, 7) is 0. The van der Waals surface area contributed by atoms with Gasteiger partial charge in [0.15, 0.2) is 0 Å². The second kappa shape index (κ2) is 7.14. The number of rotatable bonds is 3. The van der Waals surface area contributed by atoms with Crippen LogP contribution in [0.2, 0.25) is 0 Å². The van der Waals surface area contributed by atoms with Crippen LogP contribution >= 0.6 is 11.9 Å². The van der Waals surface area contributed by atoms with Crippen LogP contribution in [-0.2, 0) is 4.75 Å². The van der Waals surface area contributed by atoms with Crippen molar-refractivity contribution < 1.29 is 0 Å². The highest BCUT2D eigenvalue weighted by molar-refractivity contribution is 7.99. The number of nitrogens with zero attached hydrogens (tertiary/aromatic N) is 1. The first-order valence-electron chi connectivity index (χ1n) is 9.42. The Kier molecular flexibility index (Phi) is 4.34. The van der Waals surface area contributed by atoms with Crippen LogP contribution in [0.25, 0.3) is 0 Å². The molecule has 5 rings (SSSR count). The van der Waals surface area contributed by atoms with Crippen LogP contribution in [0.1, 0.15) is 27.8 Å². The highest BCUT2D eigenvalue weighted by Gasteiger charge is 2.42. The molecule has 0 spiro atoms. The largest absolute Gasteiger partial charge is 0.214 e. The third kappa shape index (κ3) is 2.69. The molecule has 0 aromatic heterocycles. The molecule has 0 unspecified atom stereocenters. The quantitative estimate of drug-likeness (QED) is 0.372. The van der Waals surface area contributed by atoms with Crippen molar-refractivity contribution in [1.29, 1.82) is 0 Å². The molecule has 134 valence electrons. The molecule has 0 fully saturated rings. The van der Waals surface area contributed by atoms with Crippen molar-refractivity contribution in [3.63, 3.8) is 0 Å². The van der Waals surface area contributed by atoms with Crippen LogP contribution in [0, 0.1) is 0 Å². The highest BCUT2D eigenvalue weighted by atomic mass is 32.2. The van der Waals surface area contributed by atoms with E-state index in [0.29, 0.717) is 0 Å². The van der Waals surface area contributed by atoms with Crippen LogP contribution in [0.5, 0.6) is 0 Å². The first-order valence-corrected chi connectivity index (χ1v) is 10.2. The monoisotopic (exact) mass is 377 g/mol. The standard InChI is InChI=1S/C26H19NS/c1-4-12-20(13-5-1)25-23-18-10-11-19-24(23)26(28-27-25,21-14-6-2-7-15-21)22-16-8-3-9-17-22/h1-19H. The zero-order chi connectivity index (χ0) is 18.8. The lowest BCUT2D eigenvalue weighted by atomic mass is 9.80. The minimum atomic E-state index is -0.364. The SMILES string of the molecule is c1ccc(C2=NSC(c3ccccc3)(c3ccccc3)c3ccccc32)cc1. The Bertz CT molecular complexity index is 1080. The lowest BCUT2D eigenvalue weighted by Gasteiger charge is -2.37. The highest BCUT2D eigenvalue weighted by Crippen LogP contribution is 2.52.